The molecule has 7 nitrogen and oxygen atoms in total. The van der Waals surface area contributed by atoms with Crippen LogP contribution in [0, 0.1) is 0 Å². The molecule has 0 spiro atoms. The van der Waals surface area contributed by atoms with Gasteiger partial charge in [0.1, 0.15) is 18.0 Å². The average molecular weight is 317 g/mol. The van der Waals surface area contributed by atoms with Gasteiger partial charge in [-0.15, -0.1) is 0 Å². The van der Waals surface area contributed by atoms with Gasteiger partial charge in [0.25, 0.3) is 0 Å². The first-order chi connectivity index (χ1) is 11.0. The van der Waals surface area contributed by atoms with Crippen molar-refractivity contribution in [3.63, 3.8) is 0 Å². The normalized spacial score (nSPS) is 11.6. The van der Waals surface area contributed by atoms with Crippen LogP contribution in [0.4, 0.5) is 0 Å². The van der Waals surface area contributed by atoms with Crippen LogP contribution < -0.4 is 20.5 Å². The molecular weight excluding hydrogens is 298 g/mol. The van der Waals surface area contributed by atoms with E-state index in [0.29, 0.717) is 11.5 Å². The van der Waals surface area contributed by atoms with Crippen molar-refractivity contribution in [1.82, 2.24) is 14.9 Å². The van der Waals surface area contributed by atoms with E-state index in [-0.39, 0.29) is 18.5 Å². The molecule has 1 heterocycles. The molecule has 1 N–H and O–H groups in total. The van der Waals surface area contributed by atoms with Crippen LogP contribution in [-0.2, 0) is 11.3 Å². The van der Waals surface area contributed by atoms with E-state index < -0.39 is 5.69 Å². The summed E-state index contributed by atoms with van der Waals surface area (Å²) in [5.41, 5.74) is 0.359. The van der Waals surface area contributed by atoms with Gasteiger partial charge in [-0.1, -0.05) is 0 Å². The van der Waals surface area contributed by atoms with E-state index in [0.717, 1.165) is 5.56 Å². The van der Waals surface area contributed by atoms with E-state index in [4.69, 9.17) is 9.47 Å². The van der Waals surface area contributed by atoms with Crippen molar-refractivity contribution in [3.05, 3.63) is 52.7 Å². The van der Waals surface area contributed by atoms with Crippen molar-refractivity contribution in [2.24, 2.45) is 0 Å². The van der Waals surface area contributed by atoms with Gasteiger partial charge in [-0.25, -0.2) is 9.78 Å². The van der Waals surface area contributed by atoms with Crippen molar-refractivity contribution < 1.29 is 14.3 Å². The molecule has 7 heteroatoms. The Morgan fingerprint density at radius 1 is 1.35 bits per heavy atom. The number of methoxy groups -OCH3 is 2. The van der Waals surface area contributed by atoms with Gasteiger partial charge in [0.2, 0.25) is 5.91 Å². The lowest BCUT2D eigenvalue weighted by atomic mass is 10.1. The lowest BCUT2D eigenvalue weighted by Crippen LogP contribution is -2.34. The maximum Gasteiger partial charge on any atom is 0.347 e. The predicted octanol–water partition coefficient (Wildman–Crippen LogP) is 1.14. The number of aromatic nitrogens is 2. The van der Waals surface area contributed by atoms with Crippen molar-refractivity contribution in [2.75, 3.05) is 14.2 Å². The van der Waals surface area contributed by atoms with E-state index in [1.54, 1.807) is 32.4 Å². The predicted molar refractivity (Wildman–Crippen MR) is 84.6 cm³/mol. The van der Waals surface area contributed by atoms with Gasteiger partial charge in [0, 0.05) is 24.0 Å². The highest BCUT2D eigenvalue weighted by atomic mass is 16.5. The number of nitrogens with zero attached hydrogens (tertiary/aromatic N) is 2. The minimum atomic E-state index is -0.461. The van der Waals surface area contributed by atoms with Gasteiger partial charge in [-0.3, -0.25) is 9.36 Å². The Labute approximate surface area is 133 Å². The first kappa shape index (κ1) is 16.5. The van der Waals surface area contributed by atoms with Crippen molar-refractivity contribution in [1.29, 1.82) is 0 Å². The minimum Gasteiger partial charge on any atom is -0.497 e. The van der Waals surface area contributed by atoms with Crippen LogP contribution in [0.1, 0.15) is 18.5 Å². The molecule has 0 saturated carbocycles. The smallest absolute Gasteiger partial charge is 0.347 e. The summed E-state index contributed by atoms with van der Waals surface area (Å²) < 4.78 is 11.7. The first-order valence-electron chi connectivity index (χ1n) is 7.08. The summed E-state index contributed by atoms with van der Waals surface area (Å²) in [6, 6.07) is 6.70. The zero-order valence-electron chi connectivity index (χ0n) is 13.3. The molecule has 0 saturated heterocycles. The number of ether oxygens (including phenoxy) is 2. The monoisotopic (exact) mass is 317 g/mol. The van der Waals surface area contributed by atoms with E-state index in [2.05, 4.69) is 10.3 Å². The first-order valence-corrected chi connectivity index (χ1v) is 7.08. The number of carbonyl (C=O) groups is 1. The second kappa shape index (κ2) is 7.44. The molecule has 0 radical (unpaired) electrons. The van der Waals surface area contributed by atoms with Crippen LogP contribution in [-0.4, -0.2) is 29.7 Å². The molecule has 0 aliphatic carbocycles. The Balaban J connectivity index is 2.09. The van der Waals surface area contributed by atoms with Crippen LogP contribution in [0.2, 0.25) is 0 Å². The highest BCUT2D eigenvalue weighted by Gasteiger charge is 2.15. The molecule has 2 aromatic rings. The Kier molecular flexibility index (Phi) is 5.35. The van der Waals surface area contributed by atoms with Gasteiger partial charge in [0.05, 0.1) is 20.3 Å². The number of hydrogen-bond donors (Lipinski definition) is 1. The molecule has 1 unspecified atom stereocenters. The van der Waals surface area contributed by atoms with E-state index in [1.807, 2.05) is 13.0 Å². The maximum absolute atomic E-state index is 12.1. The maximum atomic E-state index is 12.1. The molecule has 2 rings (SSSR count). The summed E-state index contributed by atoms with van der Waals surface area (Å²) in [6.45, 7) is 1.75. The summed E-state index contributed by atoms with van der Waals surface area (Å²) in [5.74, 6) is 1.01. The van der Waals surface area contributed by atoms with Crippen LogP contribution in [0.3, 0.4) is 0 Å². The molecular formula is C16H19N3O4. The summed E-state index contributed by atoms with van der Waals surface area (Å²) in [6.07, 6.45) is 2.91. The fourth-order valence-electron chi connectivity index (χ4n) is 2.20. The SMILES string of the molecule is COc1ccc(C(C)NC(=O)Cn2cccnc2=O)c(OC)c1. The third-order valence-electron chi connectivity index (χ3n) is 3.38. The number of carbonyl (C=O) groups excluding carboxylic acids is 1. The number of rotatable bonds is 6. The number of nitrogens with one attached hydrogen (secondary N) is 1. The molecule has 1 atom stereocenters. The third-order valence-corrected chi connectivity index (χ3v) is 3.38. The third kappa shape index (κ3) is 4.09. The molecule has 122 valence electrons. The summed E-state index contributed by atoms with van der Waals surface area (Å²) in [7, 11) is 3.13. The highest BCUT2D eigenvalue weighted by Crippen LogP contribution is 2.29. The van der Waals surface area contributed by atoms with Gasteiger partial charge in [-0.05, 0) is 25.1 Å². The fourth-order valence-corrected chi connectivity index (χ4v) is 2.20. The molecule has 0 aliphatic rings. The summed E-state index contributed by atoms with van der Waals surface area (Å²) in [4.78, 5) is 27.2. The molecule has 1 aromatic carbocycles. The second-order valence-electron chi connectivity index (χ2n) is 4.93. The summed E-state index contributed by atoms with van der Waals surface area (Å²) >= 11 is 0. The average Bonchev–Trinajstić information content (AvgIpc) is 2.56. The second-order valence-corrected chi connectivity index (χ2v) is 4.93. The Bertz CT molecular complexity index is 742. The lowest BCUT2D eigenvalue weighted by Gasteiger charge is -2.18. The zero-order chi connectivity index (χ0) is 16.8. The standard InChI is InChI=1S/C16H19N3O4/c1-11(13-6-5-12(22-2)9-14(13)23-3)18-15(20)10-19-8-4-7-17-16(19)21/h4-9,11H,10H2,1-3H3,(H,18,20). The van der Waals surface area contributed by atoms with E-state index in [1.165, 1.54) is 17.0 Å². The Morgan fingerprint density at radius 2 is 2.13 bits per heavy atom. The van der Waals surface area contributed by atoms with Crippen LogP contribution in [0.25, 0.3) is 0 Å². The number of benzene rings is 1. The minimum absolute atomic E-state index is 0.0878. The van der Waals surface area contributed by atoms with E-state index >= 15 is 0 Å². The molecule has 1 amide bonds. The quantitative estimate of drug-likeness (QED) is 0.864. The van der Waals surface area contributed by atoms with Gasteiger partial charge in [-0.2, -0.15) is 0 Å². The largest absolute Gasteiger partial charge is 0.497 e. The number of amides is 1. The van der Waals surface area contributed by atoms with Crippen LogP contribution in [0.15, 0.2) is 41.5 Å². The van der Waals surface area contributed by atoms with Crippen LogP contribution >= 0.6 is 0 Å². The van der Waals surface area contributed by atoms with Gasteiger partial charge >= 0.3 is 5.69 Å². The Hall–Kier alpha value is -2.83. The van der Waals surface area contributed by atoms with Crippen LogP contribution in [0.5, 0.6) is 11.5 Å². The highest BCUT2D eigenvalue weighted by molar-refractivity contribution is 5.76. The molecule has 1 aromatic heterocycles. The fraction of sp³-hybridized carbons (Fsp3) is 0.312. The Morgan fingerprint density at radius 3 is 2.78 bits per heavy atom. The van der Waals surface area contributed by atoms with Crippen molar-refractivity contribution in [3.8, 4) is 11.5 Å². The number of hydrogen-bond acceptors (Lipinski definition) is 5. The van der Waals surface area contributed by atoms with Gasteiger partial charge in [0.15, 0.2) is 0 Å². The summed E-state index contributed by atoms with van der Waals surface area (Å²) in [5, 5.41) is 2.84. The van der Waals surface area contributed by atoms with Gasteiger partial charge < -0.3 is 14.8 Å². The zero-order valence-corrected chi connectivity index (χ0v) is 13.3. The van der Waals surface area contributed by atoms with E-state index in [9.17, 15) is 9.59 Å². The van der Waals surface area contributed by atoms with Crippen molar-refractivity contribution >= 4 is 5.91 Å². The lowest BCUT2D eigenvalue weighted by molar-refractivity contribution is -0.122. The molecule has 0 fully saturated rings. The van der Waals surface area contributed by atoms with Crippen molar-refractivity contribution in [2.45, 2.75) is 19.5 Å². The topological polar surface area (TPSA) is 82.5 Å². The molecule has 0 bridgehead atoms. The molecule has 0 aliphatic heterocycles. The molecule has 23 heavy (non-hydrogen) atoms.